The van der Waals surface area contributed by atoms with E-state index in [1.807, 2.05) is 19.9 Å². The summed E-state index contributed by atoms with van der Waals surface area (Å²) in [5.74, 6) is -0.189. The van der Waals surface area contributed by atoms with Gasteiger partial charge in [-0.3, -0.25) is 4.90 Å². The van der Waals surface area contributed by atoms with Gasteiger partial charge in [0.15, 0.2) is 0 Å². The van der Waals surface area contributed by atoms with E-state index < -0.39 is 0 Å². The molecule has 0 aromatic heterocycles. The van der Waals surface area contributed by atoms with E-state index in [0.717, 1.165) is 31.5 Å². The van der Waals surface area contributed by atoms with Crippen molar-refractivity contribution >= 4 is 15.9 Å². The first-order chi connectivity index (χ1) is 8.37. The van der Waals surface area contributed by atoms with Crippen LogP contribution in [-0.2, 0) is 0 Å². The molecule has 0 aliphatic carbocycles. The van der Waals surface area contributed by atoms with Gasteiger partial charge >= 0.3 is 0 Å². The van der Waals surface area contributed by atoms with Gasteiger partial charge in [-0.2, -0.15) is 0 Å². The predicted octanol–water partition coefficient (Wildman–Crippen LogP) is 3.46. The Morgan fingerprint density at radius 2 is 2.22 bits per heavy atom. The highest BCUT2D eigenvalue weighted by Gasteiger charge is 2.29. The van der Waals surface area contributed by atoms with Gasteiger partial charge in [0, 0.05) is 18.1 Å². The molecule has 2 N–H and O–H groups in total. The van der Waals surface area contributed by atoms with Gasteiger partial charge < -0.3 is 5.73 Å². The topological polar surface area (TPSA) is 29.3 Å². The third kappa shape index (κ3) is 3.31. The Bertz CT molecular complexity index is 428. The van der Waals surface area contributed by atoms with Gasteiger partial charge in [-0.15, -0.1) is 0 Å². The molecule has 1 atom stereocenters. The fraction of sp³-hybridized carbons (Fsp3) is 0.571. The molecule has 1 fully saturated rings. The highest BCUT2D eigenvalue weighted by atomic mass is 79.9. The maximum atomic E-state index is 13.6. The quantitative estimate of drug-likeness (QED) is 0.925. The van der Waals surface area contributed by atoms with Crippen LogP contribution in [0.2, 0.25) is 0 Å². The molecule has 2 nitrogen and oxygen atoms in total. The van der Waals surface area contributed by atoms with Crippen molar-refractivity contribution in [2.45, 2.75) is 38.3 Å². The number of halogens is 2. The fourth-order valence-electron chi connectivity index (χ4n) is 2.64. The first kappa shape index (κ1) is 14.0. The van der Waals surface area contributed by atoms with Gasteiger partial charge in [-0.25, -0.2) is 4.39 Å². The zero-order chi connectivity index (χ0) is 13.3. The zero-order valence-corrected chi connectivity index (χ0v) is 12.5. The average molecular weight is 315 g/mol. The van der Waals surface area contributed by atoms with Crippen molar-refractivity contribution in [3.8, 4) is 0 Å². The van der Waals surface area contributed by atoms with E-state index in [9.17, 15) is 4.39 Å². The monoisotopic (exact) mass is 314 g/mol. The maximum Gasteiger partial charge on any atom is 0.137 e. The van der Waals surface area contributed by atoms with Crippen LogP contribution in [-0.4, -0.2) is 23.5 Å². The number of likely N-dealkylation sites (tertiary alicyclic amines) is 1. The third-order valence-electron chi connectivity index (χ3n) is 3.30. The summed E-state index contributed by atoms with van der Waals surface area (Å²) in [4.78, 5) is 2.36. The summed E-state index contributed by atoms with van der Waals surface area (Å²) in [6, 6.07) is 5.72. The number of rotatable bonds is 3. The van der Waals surface area contributed by atoms with Crippen molar-refractivity contribution in [2.24, 2.45) is 5.73 Å². The zero-order valence-electron chi connectivity index (χ0n) is 10.9. The lowest BCUT2D eigenvalue weighted by Gasteiger charge is -2.31. The van der Waals surface area contributed by atoms with E-state index >= 15 is 0 Å². The molecule has 1 unspecified atom stereocenters. The van der Waals surface area contributed by atoms with Crippen molar-refractivity contribution in [3.05, 3.63) is 34.1 Å². The van der Waals surface area contributed by atoms with Crippen LogP contribution in [0, 0.1) is 5.82 Å². The second kappa shape index (κ2) is 5.27. The minimum absolute atomic E-state index is 0.189. The second-order valence-electron chi connectivity index (χ2n) is 5.79. The predicted molar refractivity (Wildman–Crippen MR) is 75.9 cm³/mol. The fourth-order valence-corrected chi connectivity index (χ4v) is 2.88. The van der Waals surface area contributed by atoms with E-state index in [1.54, 1.807) is 12.1 Å². The Morgan fingerprint density at radius 1 is 1.50 bits per heavy atom. The minimum atomic E-state index is -0.212. The van der Waals surface area contributed by atoms with Crippen LogP contribution >= 0.6 is 15.9 Å². The van der Waals surface area contributed by atoms with Crippen LogP contribution in [0.1, 0.15) is 38.3 Å². The van der Waals surface area contributed by atoms with Crippen LogP contribution in [0.3, 0.4) is 0 Å². The van der Waals surface area contributed by atoms with Gasteiger partial charge in [0.2, 0.25) is 0 Å². The molecule has 0 spiro atoms. The molecule has 0 bridgehead atoms. The molecule has 1 aromatic rings. The highest BCUT2D eigenvalue weighted by Crippen LogP contribution is 2.33. The van der Waals surface area contributed by atoms with Crippen LogP contribution < -0.4 is 5.73 Å². The molecule has 18 heavy (non-hydrogen) atoms. The molecule has 0 radical (unpaired) electrons. The van der Waals surface area contributed by atoms with Crippen LogP contribution in [0.15, 0.2) is 22.7 Å². The van der Waals surface area contributed by atoms with Gasteiger partial charge in [0.25, 0.3) is 0 Å². The first-order valence-corrected chi connectivity index (χ1v) is 7.14. The molecule has 1 aromatic carbocycles. The molecule has 1 aliphatic heterocycles. The Hall–Kier alpha value is -0.450. The number of nitrogens with zero attached hydrogens (tertiary/aromatic N) is 1. The molecule has 100 valence electrons. The molecule has 0 amide bonds. The SMILES string of the molecule is CC(C)(N)CN1CCCC1c1ccc(Br)c(F)c1. The number of hydrogen-bond acceptors (Lipinski definition) is 2. The standard InChI is InChI=1S/C14H20BrFN2/c1-14(2,17)9-18-7-3-4-13(18)10-5-6-11(15)12(16)8-10/h5-6,8,13H,3-4,7,9,17H2,1-2H3. The number of hydrogen-bond donors (Lipinski definition) is 1. The first-order valence-electron chi connectivity index (χ1n) is 6.35. The van der Waals surface area contributed by atoms with Gasteiger partial charge in [0.05, 0.1) is 4.47 Å². The lowest BCUT2D eigenvalue weighted by molar-refractivity contribution is 0.211. The summed E-state index contributed by atoms with van der Waals surface area (Å²) >= 11 is 3.19. The van der Waals surface area contributed by atoms with Crippen LogP contribution in [0.4, 0.5) is 4.39 Å². The molecule has 1 aliphatic rings. The Balaban J connectivity index is 2.18. The molecule has 1 saturated heterocycles. The van der Waals surface area contributed by atoms with Crippen molar-refractivity contribution in [1.82, 2.24) is 4.90 Å². The van der Waals surface area contributed by atoms with E-state index in [2.05, 4.69) is 20.8 Å². The van der Waals surface area contributed by atoms with Crippen molar-refractivity contribution in [1.29, 1.82) is 0 Å². The second-order valence-corrected chi connectivity index (χ2v) is 6.64. The summed E-state index contributed by atoms with van der Waals surface area (Å²) < 4.78 is 14.1. The van der Waals surface area contributed by atoms with Crippen LogP contribution in [0.25, 0.3) is 0 Å². The Kier molecular flexibility index (Phi) is 4.09. The summed E-state index contributed by atoms with van der Waals surface area (Å²) in [5, 5.41) is 0. The Labute approximate surface area is 116 Å². The normalized spacial score (nSPS) is 21.5. The molecule has 2 rings (SSSR count). The maximum absolute atomic E-state index is 13.6. The van der Waals surface area contributed by atoms with E-state index in [4.69, 9.17) is 5.73 Å². The summed E-state index contributed by atoms with van der Waals surface area (Å²) in [6.45, 7) is 5.95. The Morgan fingerprint density at radius 3 is 2.83 bits per heavy atom. The molecular formula is C14H20BrFN2. The summed E-state index contributed by atoms with van der Waals surface area (Å²) in [7, 11) is 0. The van der Waals surface area contributed by atoms with Crippen molar-refractivity contribution in [3.63, 3.8) is 0 Å². The third-order valence-corrected chi connectivity index (χ3v) is 3.95. The van der Waals surface area contributed by atoms with Crippen molar-refractivity contribution in [2.75, 3.05) is 13.1 Å². The van der Waals surface area contributed by atoms with E-state index in [-0.39, 0.29) is 11.4 Å². The number of benzene rings is 1. The molecule has 1 heterocycles. The highest BCUT2D eigenvalue weighted by molar-refractivity contribution is 9.10. The van der Waals surface area contributed by atoms with Crippen molar-refractivity contribution < 1.29 is 4.39 Å². The largest absolute Gasteiger partial charge is 0.324 e. The van der Waals surface area contributed by atoms with E-state index in [1.165, 1.54) is 0 Å². The molecular weight excluding hydrogens is 295 g/mol. The van der Waals surface area contributed by atoms with Gasteiger partial charge in [0.1, 0.15) is 5.82 Å². The summed E-state index contributed by atoms with van der Waals surface area (Å²) in [6.07, 6.45) is 2.23. The van der Waals surface area contributed by atoms with Gasteiger partial charge in [-0.05, 0) is 66.9 Å². The molecule has 0 saturated carbocycles. The smallest absolute Gasteiger partial charge is 0.137 e. The van der Waals surface area contributed by atoms with Gasteiger partial charge in [-0.1, -0.05) is 6.07 Å². The lowest BCUT2D eigenvalue weighted by atomic mass is 10.0. The number of nitrogens with two attached hydrogens (primary N) is 1. The molecule has 4 heteroatoms. The average Bonchev–Trinajstić information content (AvgIpc) is 2.67. The summed E-state index contributed by atoms with van der Waals surface area (Å²) in [5.41, 5.74) is 6.93. The van der Waals surface area contributed by atoms with E-state index in [0.29, 0.717) is 10.5 Å². The van der Waals surface area contributed by atoms with Crippen LogP contribution in [0.5, 0.6) is 0 Å². The lowest BCUT2D eigenvalue weighted by Crippen LogP contribution is -2.45. The minimum Gasteiger partial charge on any atom is -0.324 e.